The first kappa shape index (κ1) is 13.5. The third kappa shape index (κ3) is 3.53. The van der Waals surface area contributed by atoms with Gasteiger partial charge in [-0.2, -0.15) is 0 Å². The molecule has 1 atom stereocenters. The number of hydrogen-bond acceptors (Lipinski definition) is 3. The van der Waals surface area contributed by atoms with E-state index >= 15 is 0 Å². The van der Waals surface area contributed by atoms with Crippen LogP contribution in [0.25, 0.3) is 0 Å². The predicted molar refractivity (Wildman–Crippen MR) is 79.2 cm³/mol. The molecule has 0 aromatic carbocycles. The number of rotatable bonds is 3. The summed E-state index contributed by atoms with van der Waals surface area (Å²) in [5, 5.41) is 3.39. The summed E-state index contributed by atoms with van der Waals surface area (Å²) in [7, 11) is 0. The summed E-state index contributed by atoms with van der Waals surface area (Å²) in [6, 6.07) is 8.37. The van der Waals surface area contributed by atoms with E-state index in [-0.39, 0.29) is 11.5 Å². The highest BCUT2D eigenvalue weighted by Gasteiger charge is 2.14. The van der Waals surface area contributed by atoms with E-state index in [1.165, 1.54) is 5.56 Å². The van der Waals surface area contributed by atoms with Crippen molar-refractivity contribution in [1.29, 1.82) is 0 Å². The molecule has 3 heteroatoms. The van der Waals surface area contributed by atoms with Crippen molar-refractivity contribution in [1.82, 2.24) is 9.97 Å². The van der Waals surface area contributed by atoms with Gasteiger partial charge in [0.15, 0.2) is 0 Å². The molecular weight excluding hydrogens is 234 g/mol. The summed E-state index contributed by atoms with van der Waals surface area (Å²) < 4.78 is 0. The summed E-state index contributed by atoms with van der Waals surface area (Å²) in [4.78, 5) is 8.61. The maximum absolute atomic E-state index is 4.48. The predicted octanol–water partition coefficient (Wildman–Crippen LogP) is 3.95. The Morgan fingerprint density at radius 2 is 1.89 bits per heavy atom. The zero-order chi connectivity index (χ0) is 13.9. The van der Waals surface area contributed by atoms with Crippen LogP contribution >= 0.6 is 0 Å². The lowest BCUT2D eigenvalue weighted by Gasteiger charge is -2.19. The van der Waals surface area contributed by atoms with Gasteiger partial charge in [0, 0.05) is 18.6 Å². The van der Waals surface area contributed by atoms with E-state index in [0.717, 1.165) is 11.4 Å². The second kappa shape index (κ2) is 5.39. The van der Waals surface area contributed by atoms with Gasteiger partial charge in [0.1, 0.15) is 5.82 Å². The van der Waals surface area contributed by atoms with Crippen LogP contribution in [0.1, 0.15) is 44.9 Å². The molecule has 0 radical (unpaired) electrons. The molecule has 0 bridgehead atoms. The molecule has 0 saturated carbocycles. The second-order valence-corrected chi connectivity index (χ2v) is 5.83. The number of anilines is 1. The Bertz CT molecular complexity index is 512. The molecule has 1 unspecified atom stereocenters. The molecule has 3 nitrogen and oxygen atoms in total. The van der Waals surface area contributed by atoms with E-state index in [1.807, 2.05) is 24.5 Å². The van der Waals surface area contributed by atoms with E-state index in [0.29, 0.717) is 0 Å². The molecule has 0 aliphatic heterocycles. The minimum Gasteiger partial charge on any atom is -0.363 e. The van der Waals surface area contributed by atoms with E-state index in [4.69, 9.17) is 0 Å². The second-order valence-electron chi connectivity index (χ2n) is 5.83. The van der Waals surface area contributed by atoms with Crippen molar-refractivity contribution in [3.05, 3.63) is 54.0 Å². The summed E-state index contributed by atoms with van der Waals surface area (Å²) in [5.74, 6) is 0.893. The molecule has 0 amide bonds. The Morgan fingerprint density at radius 3 is 2.42 bits per heavy atom. The zero-order valence-electron chi connectivity index (χ0n) is 12.0. The van der Waals surface area contributed by atoms with Crippen LogP contribution < -0.4 is 5.32 Å². The molecule has 2 rings (SSSR count). The topological polar surface area (TPSA) is 37.8 Å². The van der Waals surface area contributed by atoms with Crippen LogP contribution in [0, 0.1) is 0 Å². The molecule has 2 aromatic rings. The number of hydrogen-bond donors (Lipinski definition) is 1. The molecular formula is C16H21N3. The van der Waals surface area contributed by atoms with Gasteiger partial charge in [0.2, 0.25) is 0 Å². The van der Waals surface area contributed by atoms with Crippen molar-refractivity contribution in [3.63, 3.8) is 0 Å². The van der Waals surface area contributed by atoms with Crippen LogP contribution in [0.5, 0.6) is 0 Å². The number of nitrogens with one attached hydrogen (secondary N) is 1. The molecule has 19 heavy (non-hydrogen) atoms. The maximum Gasteiger partial charge on any atom is 0.126 e. The van der Waals surface area contributed by atoms with Crippen molar-refractivity contribution >= 4 is 5.82 Å². The lowest BCUT2D eigenvalue weighted by atomic mass is 9.88. The highest BCUT2D eigenvalue weighted by Crippen LogP contribution is 2.23. The molecule has 0 saturated heterocycles. The van der Waals surface area contributed by atoms with E-state index in [9.17, 15) is 0 Å². The standard InChI is InChI=1S/C16H21N3/c1-12(13-6-5-9-17-10-13)19-15-8-7-14(11-18-15)16(2,3)4/h5-12H,1-4H3,(H,18,19). The van der Waals surface area contributed by atoms with Crippen LogP contribution in [0.3, 0.4) is 0 Å². The first-order valence-corrected chi connectivity index (χ1v) is 6.60. The van der Waals surface area contributed by atoms with Crippen LogP contribution in [0.15, 0.2) is 42.9 Å². The van der Waals surface area contributed by atoms with Gasteiger partial charge >= 0.3 is 0 Å². The van der Waals surface area contributed by atoms with Gasteiger partial charge in [-0.1, -0.05) is 32.9 Å². The van der Waals surface area contributed by atoms with Gasteiger partial charge < -0.3 is 5.32 Å². The van der Waals surface area contributed by atoms with Crippen LogP contribution in [0.2, 0.25) is 0 Å². The highest BCUT2D eigenvalue weighted by molar-refractivity contribution is 5.39. The molecule has 100 valence electrons. The van der Waals surface area contributed by atoms with Crippen molar-refractivity contribution in [3.8, 4) is 0 Å². The van der Waals surface area contributed by atoms with Gasteiger partial charge in [0.05, 0.1) is 6.04 Å². The van der Waals surface area contributed by atoms with Crippen LogP contribution in [0.4, 0.5) is 5.82 Å². The summed E-state index contributed by atoms with van der Waals surface area (Å²) in [6.07, 6.45) is 5.60. The summed E-state index contributed by atoms with van der Waals surface area (Å²) in [5.41, 5.74) is 2.54. The largest absolute Gasteiger partial charge is 0.363 e. The quantitative estimate of drug-likeness (QED) is 0.902. The Morgan fingerprint density at radius 1 is 1.11 bits per heavy atom. The van der Waals surface area contributed by atoms with Crippen molar-refractivity contribution in [2.24, 2.45) is 0 Å². The van der Waals surface area contributed by atoms with Gasteiger partial charge in [0.25, 0.3) is 0 Å². The fourth-order valence-corrected chi connectivity index (χ4v) is 1.86. The average Bonchev–Trinajstić information content (AvgIpc) is 2.39. The van der Waals surface area contributed by atoms with Gasteiger partial charge in [-0.15, -0.1) is 0 Å². The third-order valence-electron chi connectivity index (χ3n) is 3.18. The molecule has 0 aliphatic carbocycles. The van der Waals surface area contributed by atoms with Crippen LogP contribution in [-0.2, 0) is 5.41 Å². The lowest BCUT2D eigenvalue weighted by molar-refractivity contribution is 0.587. The number of aromatic nitrogens is 2. The minimum atomic E-state index is 0.139. The smallest absolute Gasteiger partial charge is 0.126 e. The number of pyridine rings is 2. The van der Waals surface area contributed by atoms with E-state index in [1.54, 1.807) is 6.20 Å². The van der Waals surface area contributed by atoms with Crippen molar-refractivity contribution in [2.45, 2.75) is 39.2 Å². The van der Waals surface area contributed by atoms with Crippen LogP contribution in [-0.4, -0.2) is 9.97 Å². The van der Waals surface area contributed by atoms with E-state index in [2.05, 4.69) is 55.1 Å². The average molecular weight is 255 g/mol. The first-order chi connectivity index (χ1) is 8.97. The fourth-order valence-electron chi connectivity index (χ4n) is 1.86. The molecule has 0 spiro atoms. The Kier molecular flexibility index (Phi) is 3.84. The maximum atomic E-state index is 4.48. The Balaban J connectivity index is 2.08. The summed E-state index contributed by atoms with van der Waals surface area (Å²) in [6.45, 7) is 8.68. The SMILES string of the molecule is CC(Nc1ccc(C(C)(C)C)cn1)c1cccnc1. The van der Waals surface area contributed by atoms with Gasteiger partial charge in [-0.25, -0.2) is 4.98 Å². The molecule has 2 heterocycles. The lowest BCUT2D eigenvalue weighted by Crippen LogP contribution is -2.12. The molecule has 0 aliphatic rings. The first-order valence-electron chi connectivity index (χ1n) is 6.60. The Hall–Kier alpha value is -1.90. The normalized spacial score (nSPS) is 13.1. The summed E-state index contributed by atoms with van der Waals surface area (Å²) >= 11 is 0. The molecule has 2 aromatic heterocycles. The fraction of sp³-hybridized carbons (Fsp3) is 0.375. The highest BCUT2D eigenvalue weighted by atomic mass is 15.0. The Labute approximate surface area is 115 Å². The molecule has 0 fully saturated rings. The van der Waals surface area contributed by atoms with E-state index < -0.39 is 0 Å². The number of nitrogens with zero attached hydrogens (tertiary/aromatic N) is 2. The minimum absolute atomic E-state index is 0.139. The van der Waals surface area contributed by atoms with Crippen molar-refractivity contribution < 1.29 is 0 Å². The van der Waals surface area contributed by atoms with Crippen molar-refractivity contribution in [2.75, 3.05) is 5.32 Å². The third-order valence-corrected chi connectivity index (χ3v) is 3.18. The van der Waals surface area contributed by atoms with Gasteiger partial charge in [-0.05, 0) is 35.6 Å². The zero-order valence-corrected chi connectivity index (χ0v) is 12.0. The molecule has 1 N–H and O–H groups in total. The monoisotopic (exact) mass is 255 g/mol. The van der Waals surface area contributed by atoms with Gasteiger partial charge in [-0.3, -0.25) is 4.98 Å².